The lowest BCUT2D eigenvalue weighted by atomic mass is 10.1. The molecule has 1 N–H and O–H groups in total. The van der Waals surface area contributed by atoms with Gasteiger partial charge in [-0.05, 0) is 37.8 Å². The molecule has 4 aromatic rings. The highest BCUT2D eigenvalue weighted by molar-refractivity contribution is 6.08. The number of aryl methyl sites for hydroxylation is 2. The Morgan fingerprint density at radius 3 is 2.52 bits per heavy atom. The summed E-state index contributed by atoms with van der Waals surface area (Å²) in [5.41, 5.74) is 2.46. The van der Waals surface area contributed by atoms with Gasteiger partial charge in [0.15, 0.2) is 0 Å². The highest BCUT2D eigenvalue weighted by atomic mass is 16.2. The van der Waals surface area contributed by atoms with Gasteiger partial charge in [0.2, 0.25) is 5.91 Å². The van der Waals surface area contributed by atoms with Crippen molar-refractivity contribution < 1.29 is 4.79 Å². The summed E-state index contributed by atoms with van der Waals surface area (Å²) in [6.45, 7) is 4.01. The van der Waals surface area contributed by atoms with E-state index in [1.54, 1.807) is 13.2 Å². The van der Waals surface area contributed by atoms with Crippen LogP contribution in [0.3, 0.4) is 0 Å². The molecule has 4 rings (SSSR count). The highest BCUT2D eigenvalue weighted by Gasteiger charge is 2.26. The number of fused-ring (bicyclic) bond motifs is 3. The minimum atomic E-state index is -0.475. The number of nitrogens with zero attached hydrogens (tertiary/aromatic N) is 3. The molecule has 6 nitrogen and oxygen atoms in total. The van der Waals surface area contributed by atoms with Crippen molar-refractivity contribution in [2.45, 2.75) is 45.2 Å². The Kier molecular flexibility index (Phi) is 5.89. The third-order valence-electron chi connectivity index (χ3n) is 5.90. The second kappa shape index (κ2) is 8.76. The summed E-state index contributed by atoms with van der Waals surface area (Å²) in [4.78, 5) is 26.3. The molecule has 0 spiro atoms. The first-order valence-electron chi connectivity index (χ1n) is 10.8. The molecular weight excluding hydrogens is 388 g/mol. The number of hydrogen-bond donors (Lipinski definition) is 1. The second-order valence-electron chi connectivity index (χ2n) is 8.08. The molecule has 6 heteroatoms. The average Bonchev–Trinajstić information content (AvgIpc) is 3.11. The van der Waals surface area contributed by atoms with Crippen LogP contribution < -0.4 is 10.9 Å². The number of benzene rings is 2. The molecule has 0 saturated carbocycles. The van der Waals surface area contributed by atoms with Gasteiger partial charge in [0.25, 0.3) is 5.56 Å². The molecular formula is C25H28N4O2. The van der Waals surface area contributed by atoms with Crippen molar-refractivity contribution in [1.82, 2.24) is 19.7 Å². The van der Waals surface area contributed by atoms with Crippen molar-refractivity contribution >= 4 is 27.7 Å². The first-order chi connectivity index (χ1) is 15.0. The zero-order valence-electron chi connectivity index (χ0n) is 18.2. The molecule has 0 aliphatic carbocycles. The molecule has 0 fully saturated rings. The predicted molar refractivity (Wildman–Crippen MR) is 124 cm³/mol. The van der Waals surface area contributed by atoms with Crippen LogP contribution in [0, 0.1) is 0 Å². The van der Waals surface area contributed by atoms with Gasteiger partial charge in [-0.15, -0.1) is 0 Å². The summed E-state index contributed by atoms with van der Waals surface area (Å²) in [6, 6.07) is 17.6. The van der Waals surface area contributed by atoms with Crippen LogP contribution in [0.1, 0.15) is 38.3 Å². The van der Waals surface area contributed by atoms with E-state index in [1.165, 1.54) is 10.2 Å². The quantitative estimate of drug-likeness (QED) is 0.496. The van der Waals surface area contributed by atoms with E-state index >= 15 is 0 Å². The monoisotopic (exact) mass is 416 g/mol. The maximum atomic E-state index is 13.3. The molecule has 2 aromatic carbocycles. The molecule has 2 heterocycles. The van der Waals surface area contributed by atoms with Crippen LogP contribution >= 0.6 is 0 Å². The van der Waals surface area contributed by atoms with Crippen molar-refractivity contribution in [1.29, 1.82) is 0 Å². The van der Waals surface area contributed by atoms with Gasteiger partial charge in [-0.3, -0.25) is 9.59 Å². The average molecular weight is 417 g/mol. The fourth-order valence-corrected chi connectivity index (χ4v) is 4.24. The fraction of sp³-hybridized carbons (Fsp3) is 0.320. The van der Waals surface area contributed by atoms with E-state index in [0.29, 0.717) is 11.9 Å². The van der Waals surface area contributed by atoms with Gasteiger partial charge >= 0.3 is 0 Å². The largest absolute Gasteiger partial charge is 0.352 e. The molecule has 0 aliphatic heterocycles. The second-order valence-corrected chi connectivity index (χ2v) is 8.08. The number of carbonyl (C=O) groups is 1. The summed E-state index contributed by atoms with van der Waals surface area (Å²) >= 11 is 0. The molecule has 31 heavy (non-hydrogen) atoms. The molecule has 2 aromatic heterocycles. The van der Waals surface area contributed by atoms with E-state index in [0.717, 1.165) is 29.1 Å². The van der Waals surface area contributed by atoms with E-state index < -0.39 is 6.04 Å². The van der Waals surface area contributed by atoms with Crippen LogP contribution in [0.2, 0.25) is 0 Å². The Morgan fingerprint density at radius 1 is 1.06 bits per heavy atom. The summed E-state index contributed by atoms with van der Waals surface area (Å²) < 4.78 is 3.22. The van der Waals surface area contributed by atoms with Gasteiger partial charge in [0.1, 0.15) is 11.6 Å². The van der Waals surface area contributed by atoms with Gasteiger partial charge < -0.3 is 9.88 Å². The van der Waals surface area contributed by atoms with Crippen LogP contribution in [-0.2, 0) is 18.3 Å². The van der Waals surface area contributed by atoms with Gasteiger partial charge in [-0.25, -0.2) is 4.68 Å². The van der Waals surface area contributed by atoms with Crippen LogP contribution in [0.25, 0.3) is 21.8 Å². The zero-order chi connectivity index (χ0) is 22.0. The number of nitrogens with one attached hydrogen (secondary N) is 1. The van der Waals surface area contributed by atoms with Crippen molar-refractivity contribution in [2.24, 2.45) is 7.05 Å². The van der Waals surface area contributed by atoms with Crippen molar-refractivity contribution in [3.63, 3.8) is 0 Å². The van der Waals surface area contributed by atoms with Crippen LogP contribution in [0.4, 0.5) is 0 Å². The third kappa shape index (κ3) is 3.98. The minimum Gasteiger partial charge on any atom is -0.352 e. The first kappa shape index (κ1) is 20.8. The number of rotatable bonds is 7. The Morgan fingerprint density at radius 2 is 1.77 bits per heavy atom. The molecule has 0 unspecified atom stereocenters. The number of amides is 1. The first-order valence-corrected chi connectivity index (χ1v) is 10.8. The number of carbonyl (C=O) groups excluding carboxylic acids is 1. The van der Waals surface area contributed by atoms with Gasteiger partial charge in [0, 0.05) is 23.9 Å². The van der Waals surface area contributed by atoms with Crippen molar-refractivity contribution in [3.8, 4) is 0 Å². The summed E-state index contributed by atoms with van der Waals surface area (Å²) in [5.74, 6) is -0.0652. The lowest BCUT2D eigenvalue weighted by molar-refractivity contribution is -0.124. The van der Waals surface area contributed by atoms with Crippen LogP contribution in [0.5, 0.6) is 0 Å². The number of hydrogen-bond acceptors (Lipinski definition) is 3. The summed E-state index contributed by atoms with van der Waals surface area (Å²) in [7, 11) is 1.64. The van der Waals surface area contributed by atoms with Gasteiger partial charge in [-0.1, -0.05) is 55.5 Å². The zero-order valence-corrected chi connectivity index (χ0v) is 18.2. The SMILES string of the molecule is CC[C@@H](C(=O)N[C@H](C)CCc1ccccc1)n1c2ccccc2c2cnn(C)c(=O)c21. The topological polar surface area (TPSA) is 68.9 Å². The Hall–Kier alpha value is -3.41. The molecule has 0 aliphatic rings. The van der Waals surface area contributed by atoms with E-state index in [2.05, 4.69) is 22.5 Å². The molecule has 0 bridgehead atoms. The molecule has 0 radical (unpaired) electrons. The lowest BCUT2D eigenvalue weighted by Crippen LogP contribution is -2.39. The van der Waals surface area contributed by atoms with Crippen LogP contribution in [0.15, 0.2) is 65.6 Å². The third-order valence-corrected chi connectivity index (χ3v) is 5.90. The predicted octanol–water partition coefficient (Wildman–Crippen LogP) is 3.98. The lowest BCUT2D eigenvalue weighted by Gasteiger charge is -2.22. The molecule has 1 amide bonds. The Bertz CT molecular complexity index is 1270. The van der Waals surface area contributed by atoms with E-state index in [4.69, 9.17) is 0 Å². The van der Waals surface area contributed by atoms with E-state index in [1.807, 2.05) is 60.9 Å². The van der Waals surface area contributed by atoms with Crippen molar-refractivity contribution in [3.05, 3.63) is 76.7 Å². The fourth-order valence-electron chi connectivity index (χ4n) is 4.24. The summed E-state index contributed by atoms with van der Waals surface area (Å²) in [5, 5.41) is 9.08. The van der Waals surface area contributed by atoms with Gasteiger partial charge in [-0.2, -0.15) is 5.10 Å². The van der Waals surface area contributed by atoms with E-state index in [9.17, 15) is 9.59 Å². The van der Waals surface area contributed by atoms with E-state index in [-0.39, 0.29) is 17.5 Å². The smallest absolute Gasteiger partial charge is 0.291 e. The van der Waals surface area contributed by atoms with Crippen molar-refractivity contribution in [2.75, 3.05) is 0 Å². The normalized spacial score (nSPS) is 13.4. The number of para-hydroxylation sites is 1. The number of aromatic nitrogens is 3. The maximum Gasteiger partial charge on any atom is 0.291 e. The maximum absolute atomic E-state index is 13.3. The van der Waals surface area contributed by atoms with Crippen LogP contribution in [-0.4, -0.2) is 26.3 Å². The summed E-state index contributed by atoms with van der Waals surface area (Å²) in [6.07, 6.45) is 4.05. The molecule has 2 atom stereocenters. The molecule has 160 valence electrons. The minimum absolute atomic E-state index is 0.0272. The Balaban J connectivity index is 1.66. The molecule has 0 saturated heterocycles. The van der Waals surface area contributed by atoms with Gasteiger partial charge in [0.05, 0.1) is 11.7 Å². The Labute approximate surface area is 181 Å². The highest BCUT2D eigenvalue weighted by Crippen LogP contribution is 2.30. The standard InChI is InChI=1S/C25H28N4O2/c1-4-21(24(30)27-17(2)14-15-18-10-6-5-7-11-18)29-22-13-9-8-12-19(22)20-16-26-28(3)25(31)23(20)29/h5-13,16-17,21H,4,14-15H2,1-3H3,(H,27,30)/t17-,21+/m1/s1.